The van der Waals surface area contributed by atoms with Crippen LogP contribution in [-0.2, 0) is 16.2 Å². The van der Waals surface area contributed by atoms with Crippen LogP contribution in [-0.4, -0.2) is 17.9 Å². The summed E-state index contributed by atoms with van der Waals surface area (Å²) in [5.74, 6) is -1.19. The Balaban J connectivity index is 1.90. The SMILES string of the molecule is CC1=NOC(C)(COCc2c(F)cccc2F)C1. The van der Waals surface area contributed by atoms with Crippen molar-refractivity contribution in [2.45, 2.75) is 32.5 Å². The van der Waals surface area contributed by atoms with Crippen LogP contribution in [0, 0.1) is 11.6 Å². The molecule has 1 aliphatic heterocycles. The molecule has 0 amide bonds. The fourth-order valence-corrected chi connectivity index (χ4v) is 1.91. The molecule has 0 aliphatic carbocycles. The number of hydrogen-bond acceptors (Lipinski definition) is 3. The lowest BCUT2D eigenvalue weighted by molar-refractivity contribution is -0.0716. The van der Waals surface area contributed by atoms with Gasteiger partial charge in [0.2, 0.25) is 0 Å². The molecule has 0 saturated heterocycles. The van der Waals surface area contributed by atoms with Crippen LogP contribution in [0.2, 0.25) is 0 Å². The van der Waals surface area contributed by atoms with Crippen LogP contribution >= 0.6 is 0 Å². The predicted molar refractivity (Wildman–Crippen MR) is 63.2 cm³/mol. The average Bonchev–Trinajstić information content (AvgIpc) is 2.63. The highest BCUT2D eigenvalue weighted by molar-refractivity contribution is 5.83. The molecule has 0 fully saturated rings. The molecule has 1 aliphatic rings. The summed E-state index contributed by atoms with van der Waals surface area (Å²) in [6, 6.07) is 3.75. The molecule has 0 N–H and O–H groups in total. The van der Waals surface area contributed by atoms with Gasteiger partial charge in [-0.05, 0) is 26.0 Å². The van der Waals surface area contributed by atoms with Crippen molar-refractivity contribution < 1.29 is 18.4 Å². The number of oxime groups is 1. The summed E-state index contributed by atoms with van der Waals surface area (Å²) in [5.41, 5.74) is 0.293. The van der Waals surface area contributed by atoms with Gasteiger partial charge in [0.25, 0.3) is 0 Å². The Labute approximate surface area is 104 Å². The maximum absolute atomic E-state index is 13.3. The molecule has 2 rings (SSSR count). The quantitative estimate of drug-likeness (QED) is 0.828. The summed E-state index contributed by atoms with van der Waals surface area (Å²) in [7, 11) is 0. The second-order valence-electron chi connectivity index (χ2n) is 4.74. The Morgan fingerprint density at radius 2 is 2.06 bits per heavy atom. The second kappa shape index (κ2) is 5.02. The zero-order valence-corrected chi connectivity index (χ0v) is 10.4. The van der Waals surface area contributed by atoms with Gasteiger partial charge in [-0.1, -0.05) is 11.2 Å². The van der Waals surface area contributed by atoms with E-state index in [0.717, 1.165) is 5.71 Å². The molecule has 18 heavy (non-hydrogen) atoms. The van der Waals surface area contributed by atoms with E-state index in [1.165, 1.54) is 18.2 Å². The Bertz CT molecular complexity index is 456. The van der Waals surface area contributed by atoms with Crippen molar-refractivity contribution in [2.24, 2.45) is 5.16 Å². The highest BCUT2D eigenvalue weighted by Crippen LogP contribution is 2.24. The molecule has 0 spiro atoms. The number of ether oxygens (including phenoxy) is 1. The van der Waals surface area contributed by atoms with Crippen molar-refractivity contribution in [3.05, 3.63) is 35.4 Å². The Morgan fingerprint density at radius 3 is 2.61 bits per heavy atom. The van der Waals surface area contributed by atoms with Crippen LogP contribution in [0.15, 0.2) is 23.4 Å². The third-order valence-corrected chi connectivity index (χ3v) is 2.77. The highest BCUT2D eigenvalue weighted by atomic mass is 19.1. The van der Waals surface area contributed by atoms with Gasteiger partial charge >= 0.3 is 0 Å². The van der Waals surface area contributed by atoms with E-state index in [1.807, 2.05) is 13.8 Å². The molecule has 1 heterocycles. The molecule has 1 aromatic rings. The van der Waals surface area contributed by atoms with Gasteiger partial charge in [-0.3, -0.25) is 0 Å². The van der Waals surface area contributed by atoms with Crippen molar-refractivity contribution in [3.8, 4) is 0 Å². The first-order valence-electron chi connectivity index (χ1n) is 5.72. The standard InChI is InChI=1S/C13H15F2NO2/c1-9-6-13(2,18-16-9)8-17-7-10-11(14)4-3-5-12(10)15/h3-5H,6-8H2,1-2H3. The van der Waals surface area contributed by atoms with Crippen LogP contribution in [0.1, 0.15) is 25.8 Å². The first-order chi connectivity index (χ1) is 8.50. The van der Waals surface area contributed by atoms with E-state index in [0.29, 0.717) is 6.42 Å². The maximum atomic E-state index is 13.3. The van der Waals surface area contributed by atoms with E-state index in [2.05, 4.69) is 5.16 Å². The van der Waals surface area contributed by atoms with Gasteiger partial charge in [0.05, 0.1) is 18.9 Å². The van der Waals surface area contributed by atoms with Crippen LogP contribution in [0.4, 0.5) is 8.78 Å². The molecule has 0 aromatic heterocycles. The molecular weight excluding hydrogens is 240 g/mol. The van der Waals surface area contributed by atoms with Gasteiger partial charge in [-0.25, -0.2) is 8.78 Å². The van der Waals surface area contributed by atoms with Crippen molar-refractivity contribution in [2.75, 3.05) is 6.61 Å². The first-order valence-corrected chi connectivity index (χ1v) is 5.72. The predicted octanol–water partition coefficient (Wildman–Crippen LogP) is 3.04. The smallest absolute Gasteiger partial charge is 0.163 e. The van der Waals surface area contributed by atoms with Gasteiger partial charge in [-0.15, -0.1) is 0 Å². The number of benzene rings is 1. The van der Waals surface area contributed by atoms with E-state index in [1.54, 1.807) is 0 Å². The van der Waals surface area contributed by atoms with Crippen LogP contribution in [0.5, 0.6) is 0 Å². The number of nitrogens with zero attached hydrogens (tertiary/aromatic N) is 1. The van der Waals surface area contributed by atoms with Crippen molar-refractivity contribution in [1.29, 1.82) is 0 Å². The number of hydrogen-bond donors (Lipinski definition) is 0. The third kappa shape index (κ3) is 2.85. The summed E-state index contributed by atoms with van der Waals surface area (Å²) in [6.07, 6.45) is 0.659. The summed E-state index contributed by atoms with van der Waals surface area (Å²) in [5, 5.41) is 3.84. The van der Waals surface area contributed by atoms with Gasteiger partial charge in [0.15, 0.2) is 5.60 Å². The van der Waals surface area contributed by atoms with Crippen LogP contribution < -0.4 is 0 Å². The lowest BCUT2D eigenvalue weighted by Crippen LogP contribution is -2.30. The maximum Gasteiger partial charge on any atom is 0.163 e. The zero-order chi connectivity index (χ0) is 13.2. The molecule has 1 unspecified atom stereocenters. The minimum atomic E-state index is -0.597. The summed E-state index contributed by atoms with van der Waals surface area (Å²) in [4.78, 5) is 5.23. The Hall–Kier alpha value is -1.49. The minimum Gasteiger partial charge on any atom is -0.387 e. The number of rotatable bonds is 4. The monoisotopic (exact) mass is 255 g/mol. The van der Waals surface area contributed by atoms with E-state index in [-0.39, 0.29) is 18.8 Å². The van der Waals surface area contributed by atoms with E-state index in [9.17, 15) is 8.78 Å². The summed E-state index contributed by atoms with van der Waals surface area (Å²) >= 11 is 0. The van der Waals surface area contributed by atoms with Gasteiger partial charge in [-0.2, -0.15) is 0 Å². The second-order valence-corrected chi connectivity index (χ2v) is 4.74. The zero-order valence-electron chi connectivity index (χ0n) is 10.4. The fraction of sp³-hybridized carbons (Fsp3) is 0.462. The molecule has 3 nitrogen and oxygen atoms in total. The molecule has 1 aromatic carbocycles. The van der Waals surface area contributed by atoms with Crippen molar-refractivity contribution in [3.63, 3.8) is 0 Å². The minimum absolute atomic E-state index is 0.0586. The van der Waals surface area contributed by atoms with Crippen molar-refractivity contribution >= 4 is 5.71 Å². The van der Waals surface area contributed by atoms with Gasteiger partial charge < -0.3 is 9.57 Å². The van der Waals surface area contributed by atoms with E-state index in [4.69, 9.17) is 9.57 Å². The molecule has 0 radical (unpaired) electrons. The molecule has 0 saturated carbocycles. The average molecular weight is 255 g/mol. The Morgan fingerprint density at radius 1 is 1.39 bits per heavy atom. The highest BCUT2D eigenvalue weighted by Gasteiger charge is 2.33. The molecule has 5 heteroatoms. The lowest BCUT2D eigenvalue weighted by Gasteiger charge is -2.21. The molecular formula is C13H15F2NO2. The van der Waals surface area contributed by atoms with E-state index >= 15 is 0 Å². The lowest BCUT2D eigenvalue weighted by atomic mass is 10.0. The van der Waals surface area contributed by atoms with Gasteiger partial charge in [0.1, 0.15) is 11.6 Å². The van der Waals surface area contributed by atoms with Crippen LogP contribution in [0.25, 0.3) is 0 Å². The molecule has 1 atom stereocenters. The normalized spacial score (nSPS) is 22.8. The Kier molecular flexibility index (Phi) is 3.61. The summed E-state index contributed by atoms with van der Waals surface area (Å²) < 4.78 is 32.0. The number of halogens is 2. The largest absolute Gasteiger partial charge is 0.387 e. The molecule has 0 bridgehead atoms. The van der Waals surface area contributed by atoms with E-state index < -0.39 is 17.2 Å². The molecule has 98 valence electrons. The first kappa shape index (κ1) is 13.0. The van der Waals surface area contributed by atoms with Crippen molar-refractivity contribution in [1.82, 2.24) is 0 Å². The topological polar surface area (TPSA) is 30.8 Å². The third-order valence-electron chi connectivity index (χ3n) is 2.77. The summed E-state index contributed by atoms with van der Waals surface area (Å²) in [6.45, 7) is 3.84. The van der Waals surface area contributed by atoms with Crippen LogP contribution in [0.3, 0.4) is 0 Å². The fourth-order valence-electron chi connectivity index (χ4n) is 1.91. The van der Waals surface area contributed by atoms with Gasteiger partial charge in [0, 0.05) is 12.0 Å².